The number of carbonyl (C=O) groups excluding carboxylic acids is 1. The normalized spacial score (nSPS) is 17.4. The van der Waals surface area contributed by atoms with Gasteiger partial charge in [-0.15, -0.1) is 0 Å². The summed E-state index contributed by atoms with van der Waals surface area (Å²) in [4.78, 5) is 23.2. The molecular formula is C19H23N3O2. The van der Waals surface area contributed by atoms with Crippen molar-refractivity contribution in [3.8, 4) is 0 Å². The minimum atomic E-state index is -0.302. The molecule has 2 aromatic heterocycles. The molecule has 3 heterocycles. The lowest BCUT2D eigenvalue weighted by molar-refractivity contribution is -0.147. The average Bonchev–Trinajstić information content (AvgIpc) is 2.67. The van der Waals surface area contributed by atoms with Gasteiger partial charge in [-0.05, 0) is 49.1 Å². The first-order chi connectivity index (χ1) is 11.8. The Kier molecular flexibility index (Phi) is 5.90. The van der Waals surface area contributed by atoms with Crippen LogP contribution in [0.3, 0.4) is 0 Å². The van der Waals surface area contributed by atoms with Gasteiger partial charge in [0.2, 0.25) is 0 Å². The highest BCUT2D eigenvalue weighted by molar-refractivity contribution is 5.81. The monoisotopic (exact) mass is 325 g/mol. The van der Waals surface area contributed by atoms with E-state index in [0.29, 0.717) is 19.7 Å². The summed E-state index contributed by atoms with van der Waals surface area (Å²) in [6, 6.07) is 9.76. The molecular weight excluding hydrogens is 302 g/mol. The van der Waals surface area contributed by atoms with Gasteiger partial charge in [-0.2, -0.15) is 0 Å². The van der Waals surface area contributed by atoms with Crippen LogP contribution in [0.1, 0.15) is 30.5 Å². The van der Waals surface area contributed by atoms with Gasteiger partial charge in [0, 0.05) is 50.4 Å². The molecule has 24 heavy (non-hydrogen) atoms. The number of ether oxygens (including phenoxy) is 1. The zero-order valence-electron chi connectivity index (χ0n) is 13.8. The van der Waals surface area contributed by atoms with E-state index in [1.54, 1.807) is 18.6 Å². The SMILES string of the molecule is O=C([C@@H]1CCCCO1)N(CCc1ccccn1)Cc1ccncc1. The number of pyridine rings is 2. The molecule has 0 aliphatic carbocycles. The molecule has 3 rings (SSSR count). The zero-order valence-corrected chi connectivity index (χ0v) is 13.8. The number of nitrogens with zero attached hydrogens (tertiary/aromatic N) is 3. The average molecular weight is 325 g/mol. The van der Waals surface area contributed by atoms with Crippen molar-refractivity contribution in [1.29, 1.82) is 0 Å². The molecule has 5 heteroatoms. The van der Waals surface area contributed by atoms with Crippen molar-refractivity contribution in [1.82, 2.24) is 14.9 Å². The Morgan fingerprint density at radius 3 is 2.75 bits per heavy atom. The summed E-state index contributed by atoms with van der Waals surface area (Å²) in [5, 5.41) is 0. The molecule has 5 nitrogen and oxygen atoms in total. The molecule has 0 saturated carbocycles. The summed E-state index contributed by atoms with van der Waals surface area (Å²) in [6.07, 6.45) is 8.65. The molecule has 1 fully saturated rings. The fourth-order valence-electron chi connectivity index (χ4n) is 2.91. The van der Waals surface area contributed by atoms with E-state index in [2.05, 4.69) is 9.97 Å². The Morgan fingerprint density at radius 2 is 2.04 bits per heavy atom. The Hall–Kier alpha value is -2.27. The number of amides is 1. The van der Waals surface area contributed by atoms with Gasteiger partial charge in [0.25, 0.3) is 5.91 Å². The maximum Gasteiger partial charge on any atom is 0.252 e. The van der Waals surface area contributed by atoms with Crippen molar-refractivity contribution in [2.45, 2.75) is 38.3 Å². The lowest BCUT2D eigenvalue weighted by atomic mass is 10.1. The van der Waals surface area contributed by atoms with Crippen molar-refractivity contribution < 1.29 is 9.53 Å². The maximum atomic E-state index is 12.9. The smallest absolute Gasteiger partial charge is 0.252 e. The predicted octanol–water partition coefficient (Wildman–Crippen LogP) is 2.62. The number of hydrogen-bond donors (Lipinski definition) is 0. The quantitative estimate of drug-likeness (QED) is 0.819. The third kappa shape index (κ3) is 4.61. The lowest BCUT2D eigenvalue weighted by Crippen LogP contribution is -2.42. The maximum absolute atomic E-state index is 12.9. The van der Waals surface area contributed by atoms with Crippen LogP contribution in [0.25, 0.3) is 0 Å². The van der Waals surface area contributed by atoms with Crippen LogP contribution in [-0.2, 0) is 22.5 Å². The largest absolute Gasteiger partial charge is 0.368 e. The van der Waals surface area contributed by atoms with E-state index >= 15 is 0 Å². The summed E-state index contributed by atoms with van der Waals surface area (Å²) >= 11 is 0. The first-order valence-corrected chi connectivity index (χ1v) is 8.52. The summed E-state index contributed by atoms with van der Waals surface area (Å²) < 4.78 is 5.69. The molecule has 0 radical (unpaired) electrons. The van der Waals surface area contributed by atoms with Crippen LogP contribution in [0.5, 0.6) is 0 Å². The van der Waals surface area contributed by atoms with E-state index in [1.165, 1.54) is 0 Å². The highest BCUT2D eigenvalue weighted by Crippen LogP contribution is 2.17. The topological polar surface area (TPSA) is 55.3 Å². The third-order valence-corrected chi connectivity index (χ3v) is 4.25. The standard InChI is InChI=1S/C19H23N3O2/c23-19(18-6-2-4-14-24-18)22(15-16-7-11-20-12-8-16)13-9-17-5-1-3-10-21-17/h1,3,5,7-8,10-12,18H,2,4,6,9,13-15H2/t18-/m0/s1. The Labute approximate surface area is 142 Å². The predicted molar refractivity (Wildman–Crippen MR) is 91.2 cm³/mol. The molecule has 1 aliphatic rings. The first kappa shape index (κ1) is 16.6. The van der Waals surface area contributed by atoms with E-state index in [1.807, 2.05) is 35.2 Å². The van der Waals surface area contributed by atoms with Crippen LogP contribution in [0.15, 0.2) is 48.9 Å². The minimum Gasteiger partial charge on any atom is -0.368 e. The summed E-state index contributed by atoms with van der Waals surface area (Å²) in [6.45, 7) is 1.89. The van der Waals surface area contributed by atoms with Gasteiger partial charge in [0.15, 0.2) is 0 Å². The van der Waals surface area contributed by atoms with E-state index in [-0.39, 0.29) is 12.0 Å². The van der Waals surface area contributed by atoms with Crippen molar-refractivity contribution in [3.05, 3.63) is 60.2 Å². The molecule has 2 aromatic rings. The molecule has 126 valence electrons. The van der Waals surface area contributed by atoms with Gasteiger partial charge in [0.05, 0.1) is 0 Å². The molecule has 0 spiro atoms. The first-order valence-electron chi connectivity index (χ1n) is 8.52. The molecule has 1 saturated heterocycles. The lowest BCUT2D eigenvalue weighted by Gasteiger charge is -2.29. The minimum absolute atomic E-state index is 0.0856. The Morgan fingerprint density at radius 1 is 1.17 bits per heavy atom. The molecule has 0 aromatic carbocycles. The fourth-order valence-corrected chi connectivity index (χ4v) is 2.91. The summed E-state index contributed by atoms with van der Waals surface area (Å²) in [5.41, 5.74) is 2.07. The molecule has 0 N–H and O–H groups in total. The summed E-state index contributed by atoms with van der Waals surface area (Å²) in [7, 11) is 0. The van der Waals surface area contributed by atoms with Gasteiger partial charge >= 0.3 is 0 Å². The summed E-state index contributed by atoms with van der Waals surface area (Å²) in [5.74, 6) is 0.0856. The van der Waals surface area contributed by atoms with Crippen molar-refractivity contribution in [3.63, 3.8) is 0 Å². The van der Waals surface area contributed by atoms with Crippen LogP contribution in [-0.4, -0.2) is 40.0 Å². The highest BCUT2D eigenvalue weighted by atomic mass is 16.5. The number of carbonyl (C=O) groups is 1. The number of rotatable bonds is 6. The van der Waals surface area contributed by atoms with Crippen LogP contribution in [0.2, 0.25) is 0 Å². The van der Waals surface area contributed by atoms with Gasteiger partial charge in [-0.3, -0.25) is 14.8 Å². The van der Waals surface area contributed by atoms with E-state index in [4.69, 9.17) is 4.74 Å². The third-order valence-electron chi connectivity index (χ3n) is 4.25. The van der Waals surface area contributed by atoms with Gasteiger partial charge in [0.1, 0.15) is 6.10 Å². The van der Waals surface area contributed by atoms with Crippen molar-refractivity contribution >= 4 is 5.91 Å². The molecule has 0 unspecified atom stereocenters. The fraction of sp³-hybridized carbons (Fsp3) is 0.421. The Balaban J connectivity index is 1.68. The van der Waals surface area contributed by atoms with Crippen molar-refractivity contribution in [2.24, 2.45) is 0 Å². The number of aromatic nitrogens is 2. The van der Waals surface area contributed by atoms with Gasteiger partial charge in [-0.1, -0.05) is 6.07 Å². The number of hydrogen-bond acceptors (Lipinski definition) is 4. The van der Waals surface area contributed by atoms with Crippen molar-refractivity contribution in [2.75, 3.05) is 13.2 Å². The molecule has 0 bridgehead atoms. The van der Waals surface area contributed by atoms with Crippen LogP contribution >= 0.6 is 0 Å². The van der Waals surface area contributed by atoms with E-state index in [0.717, 1.165) is 36.9 Å². The van der Waals surface area contributed by atoms with Crippen LogP contribution in [0.4, 0.5) is 0 Å². The molecule has 1 amide bonds. The van der Waals surface area contributed by atoms with Gasteiger partial charge in [-0.25, -0.2) is 0 Å². The van der Waals surface area contributed by atoms with Gasteiger partial charge < -0.3 is 9.64 Å². The second kappa shape index (κ2) is 8.55. The van der Waals surface area contributed by atoms with E-state index in [9.17, 15) is 4.79 Å². The highest BCUT2D eigenvalue weighted by Gasteiger charge is 2.26. The molecule has 1 atom stereocenters. The zero-order chi connectivity index (χ0) is 16.6. The second-order valence-electron chi connectivity index (χ2n) is 6.04. The molecule has 1 aliphatic heterocycles. The van der Waals surface area contributed by atoms with Crippen LogP contribution in [0, 0.1) is 0 Å². The Bertz CT molecular complexity index is 628. The second-order valence-corrected chi connectivity index (χ2v) is 6.04. The van der Waals surface area contributed by atoms with Crippen LogP contribution < -0.4 is 0 Å². The van der Waals surface area contributed by atoms with E-state index < -0.39 is 0 Å².